The molecule has 5 nitrogen and oxygen atoms in total. The van der Waals surface area contributed by atoms with Crippen molar-refractivity contribution in [2.45, 2.75) is 26.2 Å². The molecule has 1 N–H and O–H groups in total. The van der Waals surface area contributed by atoms with Crippen molar-refractivity contribution in [1.29, 1.82) is 0 Å². The number of carbonyl (C=O) groups excluding carboxylic acids is 2. The predicted octanol–water partition coefficient (Wildman–Crippen LogP) is 2.68. The zero-order chi connectivity index (χ0) is 18.4. The lowest BCUT2D eigenvalue weighted by Gasteiger charge is -2.23. The SMILES string of the molecule is Cc1ccc(CCNC(=O)CN2N=C(c3ccccc3)CCC2=O)cc1. The summed E-state index contributed by atoms with van der Waals surface area (Å²) in [6.45, 7) is 2.55. The molecule has 5 heteroatoms. The minimum Gasteiger partial charge on any atom is -0.354 e. The Morgan fingerprint density at radius 3 is 2.54 bits per heavy atom. The summed E-state index contributed by atoms with van der Waals surface area (Å²) in [5.74, 6) is -0.304. The van der Waals surface area contributed by atoms with Gasteiger partial charge in [-0.2, -0.15) is 5.10 Å². The zero-order valence-electron chi connectivity index (χ0n) is 14.9. The van der Waals surface area contributed by atoms with Crippen LogP contribution in [-0.4, -0.2) is 35.6 Å². The Morgan fingerprint density at radius 2 is 1.81 bits per heavy atom. The molecule has 2 aromatic carbocycles. The number of rotatable bonds is 6. The molecule has 2 aromatic rings. The van der Waals surface area contributed by atoms with Crippen LogP contribution in [-0.2, 0) is 16.0 Å². The maximum atomic E-state index is 12.2. The Hall–Kier alpha value is -2.95. The number of amides is 2. The molecule has 134 valence electrons. The van der Waals surface area contributed by atoms with Crippen LogP contribution in [0.3, 0.4) is 0 Å². The molecule has 0 saturated carbocycles. The minimum absolute atomic E-state index is 0.0386. The molecule has 2 amide bonds. The fraction of sp³-hybridized carbons (Fsp3) is 0.286. The molecule has 1 heterocycles. The summed E-state index contributed by atoms with van der Waals surface area (Å²) < 4.78 is 0. The number of benzene rings is 2. The van der Waals surface area contributed by atoms with E-state index in [0.29, 0.717) is 19.4 Å². The standard InChI is InChI=1S/C21H23N3O2/c1-16-7-9-17(10-8-16)13-14-22-20(25)15-24-21(26)12-11-19(23-24)18-5-3-2-4-6-18/h2-10H,11-15H2,1H3,(H,22,25). The van der Waals surface area contributed by atoms with Gasteiger partial charge < -0.3 is 5.32 Å². The van der Waals surface area contributed by atoms with Gasteiger partial charge >= 0.3 is 0 Å². The highest BCUT2D eigenvalue weighted by Crippen LogP contribution is 2.14. The van der Waals surface area contributed by atoms with Gasteiger partial charge in [-0.05, 0) is 24.5 Å². The van der Waals surface area contributed by atoms with Gasteiger partial charge in [0.05, 0.1) is 5.71 Å². The maximum Gasteiger partial charge on any atom is 0.243 e. The monoisotopic (exact) mass is 349 g/mol. The van der Waals surface area contributed by atoms with E-state index in [9.17, 15) is 9.59 Å². The van der Waals surface area contributed by atoms with Crippen LogP contribution in [0.25, 0.3) is 0 Å². The third kappa shape index (κ3) is 4.79. The Bertz CT molecular complexity index is 798. The van der Waals surface area contributed by atoms with Gasteiger partial charge in [0, 0.05) is 19.4 Å². The zero-order valence-corrected chi connectivity index (χ0v) is 14.9. The lowest BCUT2D eigenvalue weighted by Crippen LogP contribution is -2.40. The van der Waals surface area contributed by atoms with E-state index in [-0.39, 0.29) is 18.4 Å². The smallest absolute Gasteiger partial charge is 0.243 e. The highest BCUT2D eigenvalue weighted by atomic mass is 16.2. The van der Waals surface area contributed by atoms with E-state index in [1.54, 1.807) is 0 Å². The molecule has 0 spiro atoms. The van der Waals surface area contributed by atoms with E-state index >= 15 is 0 Å². The van der Waals surface area contributed by atoms with E-state index in [4.69, 9.17) is 0 Å². The molecule has 0 unspecified atom stereocenters. The molecule has 0 atom stereocenters. The number of hydrogen-bond donors (Lipinski definition) is 1. The first-order valence-corrected chi connectivity index (χ1v) is 8.87. The van der Waals surface area contributed by atoms with Crippen LogP contribution in [0.1, 0.15) is 29.5 Å². The molecule has 0 radical (unpaired) electrons. The number of hydrogen-bond acceptors (Lipinski definition) is 3. The summed E-state index contributed by atoms with van der Waals surface area (Å²) in [5, 5.41) is 8.54. The van der Waals surface area contributed by atoms with Crippen molar-refractivity contribution in [3.8, 4) is 0 Å². The van der Waals surface area contributed by atoms with Crippen LogP contribution in [0.2, 0.25) is 0 Å². The Balaban J connectivity index is 1.54. The van der Waals surface area contributed by atoms with Crippen molar-refractivity contribution in [1.82, 2.24) is 10.3 Å². The van der Waals surface area contributed by atoms with E-state index in [0.717, 1.165) is 17.7 Å². The number of aryl methyl sites for hydroxylation is 1. The Morgan fingerprint density at radius 1 is 1.08 bits per heavy atom. The van der Waals surface area contributed by atoms with Crippen molar-refractivity contribution in [3.05, 3.63) is 71.3 Å². The van der Waals surface area contributed by atoms with Gasteiger partial charge in [0.1, 0.15) is 6.54 Å². The first-order chi connectivity index (χ1) is 12.6. The molecular formula is C21H23N3O2. The topological polar surface area (TPSA) is 61.8 Å². The van der Waals surface area contributed by atoms with Gasteiger partial charge in [0.15, 0.2) is 0 Å². The summed E-state index contributed by atoms with van der Waals surface area (Å²) in [6, 6.07) is 18.0. The van der Waals surface area contributed by atoms with Gasteiger partial charge in [0.25, 0.3) is 0 Å². The van der Waals surface area contributed by atoms with Crippen molar-refractivity contribution < 1.29 is 9.59 Å². The van der Waals surface area contributed by atoms with E-state index in [1.165, 1.54) is 16.1 Å². The third-order valence-electron chi connectivity index (χ3n) is 4.36. The summed E-state index contributed by atoms with van der Waals surface area (Å²) in [7, 11) is 0. The van der Waals surface area contributed by atoms with Crippen molar-refractivity contribution in [3.63, 3.8) is 0 Å². The van der Waals surface area contributed by atoms with Gasteiger partial charge in [-0.25, -0.2) is 5.01 Å². The van der Waals surface area contributed by atoms with Crippen LogP contribution in [0.15, 0.2) is 59.7 Å². The number of nitrogens with zero attached hydrogens (tertiary/aromatic N) is 2. The highest BCUT2D eigenvalue weighted by Gasteiger charge is 2.23. The quantitative estimate of drug-likeness (QED) is 0.871. The van der Waals surface area contributed by atoms with Crippen LogP contribution in [0, 0.1) is 6.92 Å². The number of hydrazone groups is 1. The maximum absolute atomic E-state index is 12.2. The average Bonchev–Trinajstić information content (AvgIpc) is 2.66. The summed E-state index contributed by atoms with van der Waals surface area (Å²) in [5.41, 5.74) is 4.23. The van der Waals surface area contributed by atoms with Gasteiger partial charge in [-0.1, -0.05) is 60.2 Å². The van der Waals surface area contributed by atoms with E-state index < -0.39 is 0 Å². The number of nitrogens with one attached hydrogen (secondary N) is 1. The summed E-state index contributed by atoms with van der Waals surface area (Å²) in [6.07, 6.45) is 1.75. The molecule has 3 rings (SSSR count). The van der Waals surface area contributed by atoms with Gasteiger partial charge in [-0.3, -0.25) is 9.59 Å². The molecule has 1 aliphatic heterocycles. The normalized spacial score (nSPS) is 14.1. The van der Waals surface area contributed by atoms with E-state index in [2.05, 4.69) is 34.7 Å². The van der Waals surface area contributed by atoms with Crippen molar-refractivity contribution in [2.75, 3.05) is 13.1 Å². The summed E-state index contributed by atoms with van der Waals surface area (Å²) >= 11 is 0. The second-order valence-corrected chi connectivity index (χ2v) is 6.45. The average molecular weight is 349 g/mol. The molecule has 0 aliphatic carbocycles. The van der Waals surface area contributed by atoms with Crippen molar-refractivity contribution >= 4 is 17.5 Å². The number of carbonyl (C=O) groups is 2. The predicted molar refractivity (Wildman–Crippen MR) is 102 cm³/mol. The minimum atomic E-state index is -0.191. The van der Waals surface area contributed by atoms with Crippen molar-refractivity contribution in [2.24, 2.45) is 5.10 Å². The first kappa shape index (κ1) is 17.9. The van der Waals surface area contributed by atoms with Gasteiger partial charge in [-0.15, -0.1) is 0 Å². The van der Waals surface area contributed by atoms with Gasteiger partial charge in [0.2, 0.25) is 11.8 Å². The molecule has 1 aliphatic rings. The largest absolute Gasteiger partial charge is 0.354 e. The van der Waals surface area contributed by atoms with Crippen LogP contribution >= 0.6 is 0 Å². The molecular weight excluding hydrogens is 326 g/mol. The Kier molecular flexibility index (Phi) is 5.79. The fourth-order valence-electron chi connectivity index (χ4n) is 2.85. The van der Waals surface area contributed by atoms with Crippen LogP contribution in [0.5, 0.6) is 0 Å². The fourth-order valence-corrected chi connectivity index (χ4v) is 2.85. The first-order valence-electron chi connectivity index (χ1n) is 8.87. The molecule has 0 aromatic heterocycles. The second-order valence-electron chi connectivity index (χ2n) is 6.45. The van der Waals surface area contributed by atoms with Crippen LogP contribution < -0.4 is 5.32 Å². The van der Waals surface area contributed by atoms with E-state index in [1.807, 2.05) is 37.3 Å². The highest BCUT2D eigenvalue weighted by molar-refractivity contribution is 6.04. The Labute approximate surface area is 153 Å². The molecule has 26 heavy (non-hydrogen) atoms. The lowest BCUT2D eigenvalue weighted by atomic mass is 10.0. The molecule has 0 fully saturated rings. The second kappa shape index (κ2) is 8.43. The third-order valence-corrected chi connectivity index (χ3v) is 4.36. The summed E-state index contributed by atoms with van der Waals surface area (Å²) in [4.78, 5) is 24.2. The molecule has 0 saturated heterocycles. The lowest BCUT2D eigenvalue weighted by molar-refractivity contribution is -0.136. The molecule has 0 bridgehead atoms. The van der Waals surface area contributed by atoms with Crippen LogP contribution in [0.4, 0.5) is 0 Å².